The smallest absolute Gasteiger partial charge is 0.244 e. The highest BCUT2D eigenvalue weighted by molar-refractivity contribution is 7.89. The summed E-state index contributed by atoms with van der Waals surface area (Å²) in [4.78, 5) is 2.90. The van der Waals surface area contributed by atoms with Crippen molar-refractivity contribution in [3.8, 4) is 0 Å². The Morgan fingerprint density at radius 2 is 2.21 bits per heavy atom. The average molecular weight is 304 g/mol. The molecule has 1 aromatic heterocycles. The summed E-state index contributed by atoms with van der Waals surface area (Å²) >= 11 is 1.30. The zero-order valence-corrected chi connectivity index (χ0v) is 13.1. The van der Waals surface area contributed by atoms with Crippen LogP contribution in [0.25, 0.3) is 0 Å². The Morgan fingerprint density at radius 3 is 2.74 bits per heavy atom. The number of nitrogens with zero attached hydrogens (tertiary/aromatic N) is 2. The average Bonchev–Trinajstić information content (AvgIpc) is 2.95. The van der Waals surface area contributed by atoms with Crippen molar-refractivity contribution in [2.75, 3.05) is 27.2 Å². The second-order valence-electron chi connectivity index (χ2n) is 5.10. The molecule has 0 radical (unpaired) electrons. The summed E-state index contributed by atoms with van der Waals surface area (Å²) in [6.07, 6.45) is 0.851. The molecule has 1 aromatic rings. The van der Waals surface area contributed by atoms with Gasteiger partial charge in [0.1, 0.15) is 4.90 Å². The standard InChI is InChI=1S/C12H20N2O3S2/c1-9-8-18-11(7-15)12(9)19(16,17)14-5-4-10(6-14)13(2)3/h8,10,15H,4-7H2,1-3H3. The summed E-state index contributed by atoms with van der Waals surface area (Å²) in [7, 11) is 0.458. The van der Waals surface area contributed by atoms with Crippen molar-refractivity contribution >= 4 is 21.4 Å². The second kappa shape index (κ2) is 5.49. The number of aliphatic hydroxyl groups excluding tert-OH is 1. The summed E-state index contributed by atoms with van der Waals surface area (Å²) in [5.74, 6) is 0. The summed E-state index contributed by atoms with van der Waals surface area (Å²) in [5.41, 5.74) is 0.724. The fourth-order valence-electron chi connectivity index (χ4n) is 2.42. The first-order chi connectivity index (χ1) is 8.87. The van der Waals surface area contributed by atoms with Crippen molar-refractivity contribution in [2.24, 2.45) is 0 Å². The Balaban J connectivity index is 2.31. The van der Waals surface area contributed by atoms with Gasteiger partial charge in [0, 0.05) is 19.1 Å². The topological polar surface area (TPSA) is 60.9 Å². The fourth-order valence-corrected chi connectivity index (χ4v) is 5.53. The number of sulfonamides is 1. The summed E-state index contributed by atoms with van der Waals surface area (Å²) in [6.45, 7) is 2.63. The number of aliphatic hydroxyl groups is 1. The maximum Gasteiger partial charge on any atom is 0.244 e. The van der Waals surface area contributed by atoms with E-state index >= 15 is 0 Å². The molecule has 1 unspecified atom stereocenters. The van der Waals surface area contributed by atoms with Gasteiger partial charge in [0.2, 0.25) is 10.0 Å². The lowest BCUT2D eigenvalue weighted by Gasteiger charge is -2.20. The van der Waals surface area contributed by atoms with Crippen LogP contribution in [0.1, 0.15) is 16.9 Å². The predicted molar refractivity (Wildman–Crippen MR) is 75.8 cm³/mol. The maximum atomic E-state index is 12.7. The predicted octanol–water partition coefficient (Wildman–Crippen LogP) is 0.873. The molecule has 1 saturated heterocycles. The lowest BCUT2D eigenvalue weighted by atomic mass is 10.2. The van der Waals surface area contributed by atoms with E-state index in [4.69, 9.17) is 0 Å². The zero-order chi connectivity index (χ0) is 14.2. The number of hydrogen-bond donors (Lipinski definition) is 1. The van der Waals surface area contributed by atoms with E-state index in [-0.39, 0.29) is 12.6 Å². The molecule has 1 aliphatic rings. The molecular weight excluding hydrogens is 284 g/mol. The van der Waals surface area contributed by atoms with Gasteiger partial charge in [-0.25, -0.2) is 8.42 Å². The monoisotopic (exact) mass is 304 g/mol. The number of aryl methyl sites for hydroxylation is 1. The van der Waals surface area contributed by atoms with Gasteiger partial charge in [0.05, 0.1) is 11.5 Å². The van der Waals surface area contributed by atoms with Crippen LogP contribution in [0.4, 0.5) is 0 Å². The highest BCUT2D eigenvalue weighted by atomic mass is 32.2. The normalized spacial score (nSPS) is 21.4. The van der Waals surface area contributed by atoms with Gasteiger partial charge in [-0.1, -0.05) is 0 Å². The zero-order valence-electron chi connectivity index (χ0n) is 11.5. The van der Waals surface area contributed by atoms with Crippen molar-refractivity contribution in [2.45, 2.75) is 30.9 Å². The van der Waals surface area contributed by atoms with Crippen molar-refractivity contribution in [1.82, 2.24) is 9.21 Å². The summed E-state index contributed by atoms with van der Waals surface area (Å²) < 4.78 is 26.9. The van der Waals surface area contributed by atoms with Gasteiger partial charge in [0.25, 0.3) is 0 Å². The van der Waals surface area contributed by atoms with Gasteiger partial charge in [-0.15, -0.1) is 11.3 Å². The van der Waals surface area contributed by atoms with Crippen molar-refractivity contribution in [3.05, 3.63) is 15.8 Å². The van der Waals surface area contributed by atoms with Crippen molar-refractivity contribution < 1.29 is 13.5 Å². The van der Waals surface area contributed by atoms with Crippen LogP contribution in [-0.4, -0.2) is 56.0 Å². The van der Waals surface area contributed by atoms with Crippen LogP contribution in [-0.2, 0) is 16.6 Å². The summed E-state index contributed by atoms with van der Waals surface area (Å²) in [5, 5.41) is 11.1. The number of thiophene rings is 1. The number of rotatable bonds is 4. The van der Waals surface area contributed by atoms with Crippen LogP contribution in [0.2, 0.25) is 0 Å². The molecule has 1 N–H and O–H groups in total. The van der Waals surface area contributed by atoms with Crippen LogP contribution in [0, 0.1) is 6.92 Å². The molecule has 2 heterocycles. The molecule has 108 valence electrons. The molecule has 19 heavy (non-hydrogen) atoms. The first-order valence-corrected chi connectivity index (χ1v) is 8.54. The third-order valence-corrected chi connectivity index (χ3v) is 6.90. The van der Waals surface area contributed by atoms with Crippen LogP contribution >= 0.6 is 11.3 Å². The van der Waals surface area contributed by atoms with E-state index in [1.807, 2.05) is 14.1 Å². The number of hydrogen-bond acceptors (Lipinski definition) is 5. The highest BCUT2D eigenvalue weighted by Gasteiger charge is 2.35. The molecular formula is C12H20N2O3S2. The molecule has 1 fully saturated rings. The Morgan fingerprint density at radius 1 is 1.53 bits per heavy atom. The quantitative estimate of drug-likeness (QED) is 0.897. The Hall–Kier alpha value is -0.470. The minimum atomic E-state index is -3.48. The highest BCUT2D eigenvalue weighted by Crippen LogP contribution is 2.31. The largest absolute Gasteiger partial charge is 0.391 e. The lowest BCUT2D eigenvalue weighted by molar-refractivity contribution is 0.282. The molecule has 7 heteroatoms. The van der Waals surface area contributed by atoms with Gasteiger partial charge in [-0.05, 0) is 38.4 Å². The van der Waals surface area contributed by atoms with E-state index in [9.17, 15) is 13.5 Å². The molecule has 1 aliphatic heterocycles. The summed E-state index contributed by atoms with van der Waals surface area (Å²) in [6, 6.07) is 0.270. The maximum absolute atomic E-state index is 12.7. The Bertz CT molecular complexity index is 551. The second-order valence-corrected chi connectivity index (χ2v) is 7.94. The molecule has 0 aromatic carbocycles. The van der Waals surface area contributed by atoms with Crippen molar-refractivity contribution in [1.29, 1.82) is 0 Å². The third-order valence-electron chi connectivity index (χ3n) is 3.59. The molecule has 0 bridgehead atoms. The lowest BCUT2D eigenvalue weighted by Crippen LogP contribution is -2.34. The molecule has 2 rings (SSSR count). The SMILES string of the molecule is Cc1csc(CO)c1S(=O)(=O)N1CCC(N(C)C)C1. The van der Waals surface area contributed by atoms with E-state index in [2.05, 4.69) is 4.90 Å². The molecule has 0 saturated carbocycles. The van der Waals surface area contributed by atoms with E-state index < -0.39 is 10.0 Å². The van der Waals surface area contributed by atoms with E-state index in [0.717, 1.165) is 12.0 Å². The minimum Gasteiger partial charge on any atom is -0.391 e. The van der Waals surface area contributed by atoms with Gasteiger partial charge in [-0.2, -0.15) is 4.31 Å². The van der Waals surface area contributed by atoms with E-state index in [1.54, 1.807) is 12.3 Å². The fraction of sp³-hybridized carbons (Fsp3) is 0.667. The van der Waals surface area contributed by atoms with Crippen LogP contribution in [0.15, 0.2) is 10.3 Å². The Labute approximate surface area is 118 Å². The van der Waals surface area contributed by atoms with Crippen LogP contribution < -0.4 is 0 Å². The van der Waals surface area contributed by atoms with Gasteiger partial charge >= 0.3 is 0 Å². The van der Waals surface area contributed by atoms with Crippen LogP contribution in [0.5, 0.6) is 0 Å². The minimum absolute atomic E-state index is 0.224. The Kier molecular flexibility index (Phi) is 4.32. The molecule has 0 amide bonds. The van der Waals surface area contributed by atoms with E-state index in [0.29, 0.717) is 22.9 Å². The number of likely N-dealkylation sites (N-methyl/N-ethyl adjacent to an activating group) is 1. The first kappa shape index (κ1) is 14.9. The molecule has 0 aliphatic carbocycles. The molecule has 0 spiro atoms. The third kappa shape index (κ3) is 2.71. The van der Waals surface area contributed by atoms with Gasteiger partial charge in [0.15, 0.2) is 0 Å². The molecule has 1 atom stereocenters. The van der Waals surface area contributed by atoms with Gasteiger partial charge in [-0.3, -0.25) is 0 Å². The van der Waals surface area contributed by atoms with Gasteiger partial charge < -0.3 is 10.0 Å². The first-order valence-electron chi connectivity index (χ1n) is 6.22. The van der Waals surface area contributed by atoms with Crippen LogP contribution in [0.3, 0.4) is 0 Å². The molecule has 5 nitrogen and oxygen atoms in total. The van der Waals surface area contributed by atoms with E-state index in [1.165, 1.54) is 15.6 Å². The van der Waals surface area contributed by atoms with Crippen molar-refractivity contribution in [3.63, 3.8) is 0 Å².